The highest BCUT2D eigenvalue weighted by atomic mass is 32.2. The first-order chi connectivity index (χ1) is 14.5. The Labute approximate surface area is 183 Å². The molecule has 2 aliphatic rings. The summed E-state index contributed by atoms with van der Waals surface area (Å²) in [5.41, 5.74) is 0.894. The van der Waals surface area contributed by atoms with Crippen LogP contribution in [0.5, 0.6) is 0 Å². The summed E-state index contributed by atoms with van der Waals surface area (Å²) in [6.07, 6.45) is 5.03. The highest BCUT2D eigenvalue weighted by Crippen LogP contribution is 2.33. The van der Waals surface area contributed by atoms with E-state index in [1.54, 1.807) is 19.1 Å². The van der Waals surface area contributed by atoms with Gasteiger partial charge in [0.1, 0.15) is 5.82 Å². The monoisotopic (exact) mass is 450 g/mol. The van der Waals surface area contributed by atoms with Crippen molar-refractivity contribution in [2.75, 3.05) is 11.5 Å². The number of hydrogen-bond acceptors (Lipinski definition) is 4. The first-order valence-electron chi connectivity index (χ1n) is 10.8. The van der Waals surface area contributed by atoms with Crippen molar-refractivity contribution in [3.8, 4) is 0 Å². The lowest BCUT2D eigenvalue weighted by molar-refractivity contribution is -0.128. The van der Waals surface area contributed by atoms with Crippen LogP contribution in [0, 0.1) is 18.2 Å². The van der Waals surface area contributed by atoms with Gasteiger partial charge in [-0.05, 0) is 65.0 Å². The molecule has 1 aliphatic heterocycles. The van der Waals surface area contributed by atoms with Crippen molar-refractivity contribution < 1.29 is 22.4 Å². The number of aryl methyl sites for hydroxylation is 1. The fraction of sp³-hybridized carbons (Fsp3) is 0.565. The highest BCUT2D eigenvalue weighted by molar-refractivity contribution is 7.91. The van der Waals surface area contributed by atoms with Crippen molar-refractivity contribution in [2.24, 2.45) is 5.41 Å². The molecule has 2 amide bonds. The van der Waals surface area contributed by atoms with E-state index in [1.807, 2.05) is 13.8 Å². The molecule has 31 heavy (non-hydrogen) atoms. The van der Waals surface area contributed by atoms with Crippen molar-refractivity contribution in [2.45, 2.75) is 65.0 Å². The SMILES string of the molecule is Cc1ccc(F)c(C(=O)NC2CCCC(NC(=O)C(C)(C)C3=CCS(=O)(=O)CC3)C2)c1. The van der Waals surface area contributed by atoms with E-state index in [0.717, 1.165) is 30.4 Å². The molecular weight excluding hydrogens is 419 g/mol. The maximum absolute atomic E-state index is 14.0. The molecule has 6 nitrogen and oxygen atoms in total. The summed E-state index contributed by atoms with van der Waals surface area (Å²) in [7, 11) is -3.05. The molecule has 1 saturated carbocycles. The van der Waals surface area contributed by atoms with Crippen LogP contribution in [0.4, 0.5) is 4.39 Å². The van der Waals surface area contributed by atoms with Crippen LogP contribution < -0.4 is 10.6 Å². The Hall–Kier alpha value is -2.22. The molecule has 170 valence electrons. The molecule has 2 atom stereocenters. The first-order valence-corrected chi connectivity index (χ1v) is 12.6. The Kier molecular flexibility index (Phi) is 6.88. The van der Waals surface area contributed by atoms with Crippen molar-refractivity contribution in [3.05, 3.63) is 46.8 Å². The third kappa shape index (κ3) is 5.73. The lowest BCUT2D eigenvalue weighted by Crippen LogP contribution is -2.49. The minimum Gasteiger partial charge on any atom is -0.353 e. The quantitative estimate of drug-likeness (QED) is 0.675. The zero-order chi connectivity index (χ0) is 22.8. The van der Waals surface area contributed by atoms with Gasteiger partial charge in [-0.1, -0.05) is 23.3 Å². The zero-order valence-electron chi connectivity index (χ0n) is 18.3. The van der Waals surface area contributed by atoms with Gasteiger partial charge in [-0.2, -0.15) is 0 Å². The van der Waals surface area contributed by atoms with Crippen LogP contribution in [-0.2, 0) is 14.6 Å². The summed E-state index contributed by atoms with van der Waals surface area (Å²) in [5, 5.41) is 6.00. The average Bonchev–Trinajstić information content (AvgIpc) is 2.69. The lowest BCUT2D eigenvalue weighted by atomic mass is 9.80. The standard InChI is InChI=1S/C23H31FN2O4S/c1-15-7-8-20(24)19(13-15)21(27)25-17-5-4-6-18(14-17)26-22(28)23(2,3)16-9-11-31(29,30)12-10-16/h7-9,13,17-18H,4-6,10-12,14H2,1-3H3,(H,25,27)(H,26,28). The second kappa shape index (κ2) is 9.10. The van der Waals surface area contributed by atoms with Gasteiger partial charge in [0.15, 0.2) is 9.84 Å². The zero-order valence-corrected chi connectivity index (χ0v) is 19.1. The predicted octanol–water partition coefficient (Wildman–Crippen LogP) is 3.06. The summed E-state index contributed by atoms with van der Waals surface area (Å²) in [4.78, 5) is 25.5. The molecule has 0 radical (unpaired) electrons. The lowest BCUT2D eigenvalue weighted by Gasteiger charge is -2.34. The van der Waals surface area contributed by atoms with Crippen LogP contribution in [0.15, 0.2) is 29.8 Å². The van der Waals surface area contributed by atoms with Gasteiger partial charge in [-0.3, -0.25) is 9.59 Å². The molecule has 1 fully saturated rings. The maximum atomic E-state index is 14.0. The highest BCUT2D eigenvalue weighted by Gasteiger charge is 2.36. The first kappa shape index (κ1) is 23.4. The minimum absolute atomic E-state index is 0.0217. The number of carbonyl (C=O) groups is 2. The molecule has 0 saturated heterocycles. The molecular formula is C23H31FN2O4S. The van der Waals surface area contributed by atoms with Crippen LogP contribution in [0.3, 0.4) is 0 Å². The number of hydrogen-bond donors (Lipinski definition) is 2. The molecule has 3 rings (SSSR count). The van der Waals surface area contributed by atoms with E-state index < -0.39 is 27.0 Å². The molecule has 0 bridgehead atoms. The minimum atomic E-state index is -3.05. The van der Waals surface area contributed by atoms with Crippen molar-refractivity contribution >= 4 is 21.7 Å². The average molecular weight is 451 g/mol. The molecule has 0 spiro atoms. The fourth-order valence-electron chi connectivity index (χ4n) is 4.29. The van der Waals surface area contributed by atoms with E-state index in [9.17, 15) is 22.4 Å². The van der Waals surface area contributed by atoms with E-state index in [1.165, 1.54) is 12.1 Å². The van der Waals surface area contributed by atoms with Gasteiger partial charge in [0.05, 0.1) is 22.5 Å². The number of nitrogens with one attached hydrogen (secondary N) is 2. The molecule has 8 heteroatoms. The number of carbonyl (C=O) groups excluding carboxylic acids is 2. The van der Waals surface area contributed by atoms with Crippen LogP contribution in [0.2, 0.25) is 0 Å². The Bertz CT molecular complexity index is 1000. The van der Waals surface area contributed by atoms with Gasteiger partial charge in [0, 0.05) is 12.1 Å². The number of benzene rings is 1. The van der Waals surface area contributed by atoms with Gasteiger partial charge >= 0.3 is 0 Å². The molecule has 2 unspecified atom stereocenters. The molecule has 1 aliphatic carbocycles. The molecule has 1 heterocycles. The van der Waals surface area contributed by atoms with E-state index >= 15 is 0 Å². The van der Waals surface area contributed by atoms with Crippen LogP contribution >= 0.6 is 0 Å². The van der Waals surface area contributed by atoms with Gasteiger partial charge in [-0.25, -0.2) is 12.8 Å². The predicted molar refractivity (Wildman–Crippen MR) is 118 cm³/mol. The van der Waals surface area contributed by atoms with Gasteiger partial charge in [-0.15, -0.1) is 0 Å². The number of halogens is 1. The number of sulfone groups is 1. The number of amides is 2. The topological polar surface area (TPSA) is 92.3 Å². The van der Waals surface area contributed by atoms with Crippen molar-refractivity contribution in [3.63, 3.8) is 0 Å². The van der Waals surface area contributed by atoms with E-state index in [0.29, 0.717) is 12.8 Å². The molecule has 1 aromatic rings. The number of rotatable bonds is 5. The van der Waals surface area contributed by atoms with E-state index in [4.69, 9.17) is 0 Å². The van der Waals surface area contributed by atoms with Crippen molar-refractivity contribution in [1.29, 1.82) is 0 Å². The summed E-state index contributed by atoms with van der Waals surface area (Å²) in [6, 6.07) is 4.21. The molecule has 2 N–H and O–H groups in total. The third-order valence-corrected chi connectivity index (χ3v) is 7.85. The normalized spacial score (nSPS) is 23.5. The van der Waals surface area contributed by atoms with Crippen LogP contribution in [0.25, 0.3) is 0 Å². The molecule has 0 aromatic heterocycles. The second-order valence-electron chi connectivity index (χ2n) is 9.21. The Morgan fingerprint density at radius 1 is 1.13 bits per heavy atom. The van der Waals surface area contributed by atoms with E-state index in [2.05, 4.69) is 10.6 Å². The molecule has 1 aromatic carbocycles. The fourth-order valence-corrected chi connectivity index (χ4v) is 5.44. The maximum Gasteiger partial charge on any atom is 0.254 e. The second-order valence-corrected chi connectivity index (χ2v) is 11.4. The Balaban J connectivity index is 1.60. The summed E-state index contributed by atoms with van der Waals surface area (Å²) in [6.45, 7) is 5.44. The van der Waals surface area contributed by atoms with Crippen LogP contribution in [0.1, 0.15) is 61.9 Å². The van der Waals surface area contributed by atoms with Gasteiger partial charge in [0.25, 0.3) is 5.91 Å². The largest absolute Gasteiger partial charge is 0.353 e. The van der Waals surface area contributed by atoms with Gasteiger partial charge < -0.3 is 10.6 Å². The van der Waals surface area contributed by atoms with E-state index in [-0.39, 0.29) is 35.1 Å². The Morgan fingerprint density at radius 3 is 2.45 bits per heavy atom. The third-order valence-electron chi connectivity index (χ3n) is 6.35. The Morgan fingerprint density at radius 2 is 1.81 bits per heavy atom. The smallest absolute Gasteiger partial charge is 0.254 e. The van der Waals surface area contributed by atoms with Crippen LogP contribution in [-0.4, -0.2) is 43.8 Å². The van der Waals surface area contributed by atoms with Crippen molar-refractivity contribution in [1.82, 2.24) is 10.6 Å². The summed E-state index contributed by atoms with van der Waals surface area (Å²) < 4.78 is 37.4. The van der Waals surface area contributed by atoms with Gasteiger partial charge in [0.2, 0.25) is 5.91 Å². The summed E-state index contributed by atoms with van der Waals surface area (Å²) in [5.74, 6) is -1.07. The summed E-state index contributed by atoms with van der Waals surface area (Å²) >= 11 is 0.